The van der Waals surface area contributed by atoms with Gasteiger partial charge in [-0.3, -0.25) is 4.79 Å². The minimum absolute atomic E-state index is 0.0169. The van der Waals surface area contributed by atoms with Gasteiger partial charge < -0.3 is 20.1 Å². The van der Waals surface area contributed by atoms with Crippen molar-refractivity contribution in [3.05, 3.63) is 41.8 Å². The lowest BCUT2D eigenvalue weighted by atomic mass is 10.2. The molecule has 0 aliphatic heterocycles. The van der Waals surface area contributed by atoms with E-state index in [1.54, 1.807) is 0 Å². The molecule has 1 aromatic carbocycles. The Bertz CT molecular complexity index is 591. The van der Waals surface area contributed by atoms with E-state index < -0.39 is 11.9 Å². The van der Waals surface area contributed by atoms with E-state index in [0.717, 1.165) is 6.07 Å². The zero-order valence-electron chi connectivity index (χ0n) is 8.95. The zero-order chi connectivity index (χ0) is 13.1. The lowest BCUT2D eigenvalue weighted by molar-refractivity contribution is 0.0696. The standard InChI is InChI=1S/C11H8N2O5/c14-8-5-6(11(16)17)1-2-7(8)13-10(15)9-3-4-12-18-9/h1-5,14H,(H,13,15)(H,16,17). The van der Waals surface area contributed by atoms with Crippen LogP contribution in [0.25, 0.3) is 0 Å². The number of phenolic OH excluding ortho intramolecular Hbond substituents is 1. The maximum Gasteiger partial charge on any atom is 0.335 e. The van der Waals surface area contributed by atoms with Crippen LogP contribution >= 0.6 is 0 Å². The number of aromatic nitrogens is 1. The summed E-state index contributed by atoms with van der Waals surface area (Å²) in [4.78, 5) is 22.2. The highest BCUT2D eigenvalue weighted by molar-refractivity contribution is 6.03. The Morgan fingerprint density at radius 1 is 1.28 bits per heavy atom. The van der Waals surface area contributed by atoms with E-state index >= 15 is 0 Å². The van der Waals surface area contributed by atoms with Gasteiger partial charge in [-0.2, -0.15) is 0 Å². The number of hydrogen-bond donors (Lipinski definition) is 3. The molecule has 2 aromatic rings. The van der Waals surface area contributed by atoms with Crippen LogP contribution in [0, 0.1) is 0 Å². The van der Waals surface area contributed by atoms with Gasteiger partial charge in [-0.1, -0.05) is 5.16 Å². The Hall–Kier alpha value is -2.83. The van der Waals surface area contributed by atoms with E-state index in [1.807, 2.05) is 0 Å². The maximum atomic E-state index is 11.6. The van der Waals surface area contributed by atoms with Gasteiger partial charge in [0.25, 0.3) is 5.91 Å². The molecule has 0 bridgehead atoms. The molecule has 0 aliphatic carbocycles. The first-order chi connectivity index (χ1) is 8.58. The average Bonchev–Trinajstić information content (AvgIpc) is 2.85. The van der Waals surface area contributed by atoms with E-state index in [0.29, 0.717) is 0 Å². The molecule has 7 heteroatoms. The van der Waals surface area contributed by atoms with Gasteiger partial charge in [0.1, 0.15) is 5.75 Å². The molecule has 1 heterocycles. The number of nitrogens with zero attached hydrogens (tertiary/aromatic N) is 1. The summed E-state index contributed by atoms with van der Waals surface area (Å²) in [7, 11) is 0. The lowest BCUT2D eigenvalue weighted by Gasteiger charge is -2.06. The van der Waals surface area contributed by atoms with Crippen LogP contribution in [0.1, 0.15) is 20.9 Å². The Morgan fingerprint density at radius 2 is 2.06 bits per heavy atom. The summed E-state index contributed by atoms with van der Waals surface area (Å²) >= 11 is 0. The SMILES string of the molecule is O=C(O)c1ccc(NC(=O)c2ccno2)c(O)c1. The first-order valence-corrected chi connectivity index (χ1v) is 4.86. The minimum Gasteiger partial charge on any atom is -0.506 e. The van der Waals surface area contributed by atoms with Gasteiger partial charge in [-0.15, -0.1) is 0 Å². The number of aromatic hydroxyl groups is 1. The number of carboxylic acids is 1. The number of amides is 1. The van der Waals surface area contributed by atoms with Crippen molar-refractivity contribution < 1.29 is 24.3 Å². The second kappa shape index (κ2) is 4.58. The fourth-order valence-electron chi connectivity index (χ4n) is 1.29. The predicted molar refractivity (Wildman–Crippen MR) is 59.5 cm³/mol. The van der Waals surface area contributed by atoms with Crippen LogP contribution in [0.2, 0.25) is 0 Å². The van der Waals surface area contributed by atoms with Gasteiger partial charge in [-0.05, 0) is 18.2 Å². The molecule has 0 spiro atoms. The topological polar surface area (TPSA) is 113 Å². The smallest absolute Gasteiger partial charge is 0.335 e. The molecule has 0 aliphatic rings. The highest BCUT2D eigenvalue weighted by atomic mass is 16.5. The first kappa shape index (κ1) is 11.6. The number of carbonyl (C=O) groups is 2. The molecular weight excluding hydrogens is 240 g/mol. The molecule has 7 nitrogen and oxygen atoms in total. The number of phenols is 1. The van der Waals surface area contributed by atoms with Gasteiger partial charge >= 0.3 is 5.97 Å². The Morgan fingerprint density at radius 3 is 2.61 bits per heavy atom. The monoisotopic (exact) mass is 248 g/mol. The van der Waals surface area contributed by atoms with Crippen molar-refractivity contribution in [2.24, 2.45) is 0 Å². The molecule has 0 saturated heterocycles. The van der Waals surface area contributed by atoms with Crippen LogP contribution in [0.4, 0.5) is 5.69 Å². The zero-order valence-corrected chi connectivity index (χ0v) is 8.95. The number of rotatable bonds is 3. The summed E-state index contributed by atoms with van der Waals surface area (Å²) in [6.45, 7) is 0. The van der Waals surface area contributed by atoms with Crippen molar-refractivity contribution in [2.75, 3.05) is 5.32 Å². The number of benzene rings is 1. The van der Waals surface area contributed by atoms with E-state index in [4.69, 9.17) is 5.11 Å². The summed E-state index contributed by atoms with van der Waals surface area (Å²) in [5.41, 5.74) is 0.00608. The number of hydrogen-bond acceptors (Lipinski definition) is 5. The van der Waals surface area contributed by atoms with Crippen LogP contribution in [0.5, 0.6) is 5.75 Å². The number of nitrogens with one attached hydrogen (secondary N) is 1. The third-order valence-corrected chi connectivity index (χ3v) is 2.15. The summed E-state index contributed by atoms with van der Waals surface area (Å²) in [5, 5.41) is 24.0. The number of aromatic carboxylic acids is 1. The predicted octanol–water partition coefficient (Wildman–Crippen LogP) is 1.33. The van der Waals surface area contributed by atoms with Crippen molar-refractivity contribution in [3.63, 3.8) is 0 Å². The second-order valence-corrected chi connectivity index (χ2v) is 3.37. The van der Waals surface area contributed by atoms with Gasteiger partial charge in [0.15, 0.2) is 0 Å². The van der Waals surface area contributed by atoms with E-state index in [-0.39, 0.29) is 22.8 Å². The summed E-state index contributed by atoms with van der Waals surface area (Å²) in [6, 6.07) is 4.95. The van der Waals surface area contributed by atoms with Crippen molar-refractivity contribution in [2.45, 2.75) is 0 Å². The Kier molecular flexibility index (Phi) is 2.96. The number of carboxylic acid groups (broad SMARTS) is 1. The first-order valence-electron chi connectivity index (χ1n) is 4.86. The lowest BCUT2D eigenvalue weighted by Crippen LogP contribution is -2.11. The van der Waals surface area contributed by atoms with Crippen LogP contribution in [0.15, 0.2) is 35.0 Å². The minimum atomic E-state index is -1.17. The highest BCUT2D eigenvalue weighted by Crippen LogP contribution is 2.24. The van der Waals surface area contributed by atoms with E-state index in [9.17, 15) is 14.7 Å². The summed E-state index contributed by atoms with van der Waals surface area (Å²) < 4.78 is 4.63. The van der Waals surface area contributed by atoms with Crippen molar-refractivity contribution in [1.82, 2.24) is 5.16 Å². The van der Waals surface area contributed by atoms with Gasteiger partial charge in [0.05, 0.1) is 17.4 Å². The molecule has 0 saturated carbocycles. The molecule has 0 radical (unpaired) electrons. The molecule has 1 amide bonds. The molecular formula is C11H8N2O5. The van der Waals surface area contributed by atoms with Crippen LogP contribution in [-0.4, -0.2) is 27.2 Å². The van der Waals surface area contributed by atoms with Crippen molar-refractivity contribution in [1.29, 1.82) is 0 Å². The van der Waals surface area contributed by atoms with Gasteiger partial charge in [0, 0.05) is 6.07 Å². The van der Waals surface area contributed by atoms with E-state index in [1.165, 1.54) is 24.4 Å². The van der Waals surface area contributed by atoms with E-state index in [2.05, 4.69) is 15.0 Å². The molecule has 0 atom stereocenters. The van der Waals surface area contributed by atoms with Crippen LogP contribution < -0.4 is 5.32 Å². The maximum absolute atomic E-state index is 11.6. The van der Waals surface area contributed by atoms with Crippen LogP contribution in [-0.2, 0) is 0 Å². The molecule has 18 heavy (non-hydrogen) atoms. The van der Waals surface area contributed by atoms with Gasteiger partial charge in [-0.25, -0.2) is 4.79 Å². The van der Waals surface area contributed by atoms with Crippen molar-refractivity contribution >= 4 is 17.6 Å². The summed E-state index contributed by atoms with van der Waals surface area (Å²) in [5.74, 6) is -2.12. The fourth-order valence-corrected chi connectivity index (χ4v) is 1.29. The normalized spacial score (nSPS) is 10.0. The second-order valence-electron chi connectivity index (χ2n) is 3.37. The highest BCUT2D eigenvalue weighted by Gasteiger charge is 2.13. The fraction of sp³-hybridized carbons (Fsp3) is 0. The molecule has 2 rings (SSSR count). The van der Waals surface area contributed by atoms with Gasteiger partial charge in [0.2, 0.25) is 5.76 Å². The quantitative estimate of drug-likeness (QED) is 0.706. The average molecular weight is 248 g/mol. The third-order valence-electron chi connectivity index (χ3n) is 2.15. The number of anilines is 1. The Balaban J connectivity index is 2.20. The summed E-state index contributed by atoms with van der Waals surface area (Å²) in [6.07, 6.45) is 1.31. The molecule has 0 unspecified atom stereocenters. The Labute approximate surface area is 101 Å². The van der Waals surface area contributed by atoms with Crippen LogP contribution in [0.3, 0.4) is 0 Å². The molecule has 1 aromatic heterocycles. The van der Waals surface area contributed by atoms with Crippen molar-refractivity contribution in [3.8, 4) is 5.75 Å². The largest absolute Gasteiger partial charge is 0.506 e. The third kappa shape index (κ3) is 2.29. The molecule has 92 valence electrons. The number of carbonyl (C=O) groups excluding carboxylic acids is 1. The molecule has 0 fully saturated rings. The molecule has 3 N–H and O–H groups in total.